The summed E-state index contributed by atoms with van der Waals surface area (Å²) < 4.78 is 39.6. The van der Waals surface area contributed by atoms with Crippen molar-refractivity contribution in [2.75, 3.05) is 13.1 Å². The number of urea groups is 1. The second kappa shape index (κ2) is 7.17. The maximum atomic E-state index is 13.2. The Morgan fingerprint density at radius 1 is 1.27 bits per heavy atom. The van der Waals surface area contributed by atoms with E-state index in [4.69, 9.17) is 0 Å². The molecule has 1 fully saturated rings. The van der Waals surface area contributed by atoms with Crippen LogP contribution in [0.2, 0.25) is 0 Å². The molecule has 0 radical (unpaired) electrons. The van der Waals surface area contributed by atoms with E-state index in [1.54, 1.807) is 20.8 Å². The highest BCUT2D eigenvalue weighted by Gasteiger charge is 2.42. The molecule has 1 aliphatic rings. The van der Waals surface area contributed by atoms with E-state index in [1.165, 1.54) is 23.1 Å². The first kappa shape index (κ1) is 20.1. The molecule has 3 atom stereocenters. The fourth-order valence-corrected chi connectivity index (χ4v) is 3.14. The van der Waals surface area contributed by atoms with Gasteiger partial charge in [-0.25, -0.2) is 4.79 Å². The number of carboxylic acid groups (broad SMARTS) is 1. The van der Waals surface area contributed by atoms with Crippen molar-refractivity contribution in [1.29, 1.82) is 0 Å². The van der Waals surface area contributed by atoms with Gasteiger partial charge in [0.25, 0.3) is 0 Å². The van der Waals surface area contributed by atoms with Crippen molar-refractivity contribution < 1.29 is 27.9 Å². The van der Waals surface area contributed by atoms with Gasteiger partial charge >= 0.3 is 18.2 Å². The van der Waals surface area contributed by atoms with Gasteiger partial charge in [0.1, 0.15) is 0 Å². The molecule has 0 spiro atoms. The third-order valence-electron chi connectivity index (χ3n) is 5.13. The Hall–Kier alpha value is -2.25. The van der Waals surface area contributed by atoms with Crippen LogP contribution < -0.4 is 5.32 Å². The number of hydrogen-bond acceptors (Lipinski definition) is 2. The lowest BCUT2D eigenvalue weighted by Crippen LogP contribution is -2.45. The highest BCUT2D eigenvalue weighted by atomic mass is 19.4. The Morgan fingerprint density at radius 2 is 1.88 bits per heavy atom. The molecule has 26 heavy (non-hydrogen) atoms. The fraction of sp³-hybridized carbons (Fsp3) is 0.556. The summed E-state index contributed by atoms with van der Waals surface area (Å²) in [6, 6.07) is 4.29. The highest BCUT2D eigenvalue weighted by Crippen LogP contribution is 2.36. The van der Waals surface area contributed by atoms with E-state index < -0.39 is 41.1 Å². The Labute approximate surface area is 150 Å². The summed E-state index contributed by atoms with van der Waals surface area (Å²) in [4.78, 5) is 25.1. The van der Waals surface area contributed by atoms with E-state index in [9.17, 15) is 27.9 Å². The molecule has 144 valence electrons. The Morgan fingerprint density at radius 3 is 2.42 bits per heavy atom. The summed E-state index contributed by atoms with van der Waals surface area (Å²) >= 11 is 0. The molecule has 2 rings (SSSR count). The number of benzene rings is 1. The zero-order chi connectivity index (χ0) is 19.7. The smallest absolute Gasteiger partial charge is 0.416 e. The average molecular weight is 372 g/mol. The van der Waals surface area contributed by atoms with Gasteiger partial charge in [0, 0.05) is 25.0 Å². The first-order valence-corrected chi connectivity index (χ1v) is 8.40. The maximum absolute atomic E-state index is 13.2. The van der Waals surface area contributed by atoms with Crippen molar-refractivity contribution in [3.05, 3.63) is 35.4 Å². The number of carboxylic acids is 1. The number of amides is 2. The highest BCUT2D eigenvalue weighted by molar-refractivity contribution is 5.79. The van der Waals surface area contributed by atoms with Gasteiger partial charge in [0.05, 0.1) is 11.0 Å². The molecular formula is C18H23F3N2O3. The minimum Gasteiger partial charge on any atom is -0.481 e. The number of hydrogen-bond donors (Lipinski definition) is 2. The summed E-state index contributed by atoms with van der Waals surface area (Å²) in [6.45, 7) is 5.22. The van der Waals surface area contributed by atoms with Gasteiger partial charge < -0.3 is 15.3 Å². The summed E-state index contributed by atoms with van der Waals surface area (Å²) in [6.07, 6.45) is -4.12. The SMILES string of the molecule is CC(NC(=O)N1CCC(C)(C(=O)O)C1)C(C)c1ccccc1C(F)(F)F. The topological polar surface area (TPSA) is 69.6 Å². The largest absolute Gasteiger partial charge is 0.481 e. The molecule has 1 heterocycles. The number of rotatable bonds is 4. The lowest BCUT2D eigenvalue weighted by atomic mass is 9.90. The molecule has 1 aromatic rings. The van der Waals surface area contributed by atoms with Crippen molar-refractivity contribution in [3.63, 3.8) is 0 Å². The van der Waals surface area contributed by atoms with Crippen LogP contribution in [0, 0.1) is 5.41 Å². The molecule has 2 amide bonds. The van der Waals surface area contributed by atoms with E-state index in [0.717, 1.165) is 6.07 Å². The molecule has 0 aliphatic carbocycles. The first-order chi connectivity index (χ1) is 12.0. The van der Waals surface area contributed by atoms with Crippen molar-refractivity contribution >= 4 is 12.0 Å². The van der Waals surface area contributed by atoms with Crippen molar-refractivity contribution in [2.45, 2.75) is 45.3 Å². The Balaban J connectivity index is 2.08. The van der Waals surface area contributed by atoms with Gasteiger partial charge in [-0.05, 0) is 31.9 Å². The van der Waals surface area contributed by atoms with Crippen molar-refractivity contribution in [3.8, 4) is 0 Å². The number of likely N-dealkylation sites (tertiary alicyclic amines) is 1. The average Bonchev–Trinajstić information content (AvgIpc) is 2.97. The molecule has 1 aliphatic heterocycles. The van der Waals surface area contributed by atoms with Crippen LogP contribution in [-0.2, 0) is 11.0 Å². The lowest BCUT2D eigenvalue weighted by Gasteiger charge is -2.27. The van der Waals surface area contributed by atoms with Crippen LogP contribution in [-0.4, -0.2) is 41.1 Å². The second-order valence-corrected chi connectivity index (χ2v) is 7.15. The van der Waals surface area contributed by atoms with Crippen LogP contribution >= 0.6 is 0 Å². The number of aliphatic carboxylic acids is 1. The van der Waals surface area contributed by atoms with E-state index in [1.807, 2.05) is 0 Å². The lowest BCUT2D eigenvalue weighted by molar-refractivity contribution is -0.147. The van der Waals surface area contributed by atoms with Crippen LogP contribution in [0.3, 0.4) is 0 Å². The number of nitrogens with zero attached hydrogens (tertiary/aromatic N) is 1. The Bertz CT molecular complexity index is 693. The number of carbonyl (C=O) groups is 2. The van der Waals surface area contributed by atoms with Crippen LogP contribution in [0.5, 0.6) is 0 Å². The second-order valence-electron chi connectivity index (χ2n) is 7.15. The van der Waals surface area contributed by atoms with Gasteiger partial charge in [-0.2, -0.15) is 13.2 Å². The summed E-state index contributed by atoms with van der Waals surface area (Å²) in [5, 5.41) is 11.9. The zero-order valence-corrected chi connectivity index (χ0v) is 14.9. The van der Waals surface area contributed by atoms with Gasteiger partial charge in [0.15, 0.2) is 0 Å². The third kappa shape index (κ3) is 4.11. The van der Waals surface area contributed by atoms with Crippen LogP contribution in [0.25, 0.3) is 0 Å². The number of nitrogens with one attached hydrogen (secondary N) is 1. The van der Waals surface area contributed by atoms with Gasteiger partial charge in [0.2, 0.25) is 0 Å². The molecule has 2 N–H and O–H groups in total. The fourth-order valence-electron chi connectivity index (χ4n) is 3.14. The maximum Gasteiger partial charge on any atom is 0.416 e. The molecule has 0 aromatic heterocycles. The van der Waals surface area contributed by atoms with Crippen molar-refractivity contribution in [2.24, 2.45) is 5.41 Å². The third-order valence-corrected chi connectivity index (χ3v) is 5.13. The minimum absolute atomic E-state index is 0.0778. The molecule has 8 heteroatoms. The van der Waals surface area contributed by atoms with Crippen LogP contribution in [0.15, 0.2) is 24.3 Å². The summed E-state index contributed by atoms with van der Waals surface area (Å²) in [5.41, 5.74) is -1.59. The van der Waals surface area contributed by atoms with Gasteiger partial charge in [-0.1, -0.05) is 25.1 Å². The molecule has 0 bridgehead atoms. The molecular weight excluding hydrogens is 349 g/mol. The minimum atomic E-state index is -4.47. The van der Waals surface area contributed by atoms with E-state index in [2.05, 4.69) is 5.32 Å². The van der Waals surface area contributed by atoms with E-state index in [0.29, 0.717) is 13.0 Å². The summed E-state index contributed by atoms with van der Waals surface area (Å²) in [7, 11) is 0. The normalized spacial score (nSPS) is 22.8. The number of halogens is 3. The monoisotopic (exact) mass is 372 g/mol. The van der Waals surface area contributed by atoms with Crippen molar-refractivity contribution in [1.82, 2.24) is 10.2 Å². The van der Waals surface area contributed by atoms with Gasteiger partial charge in [-0.3, -0.25) is 4.79 Å². The van der Waals surface area contributed by atoms with E-state index in [-0.39, 0.29) is 12.1 Å². The molecule has 5 nitrogen and oxygen atoms in total. The molecule has 1 aromatic carbocycles. The van der Waals surface area contributed by atoms with Crippen LogP contribution in [0.1, 0.15) is 44.2 Å². The van der Waals surface area contributed by atoms with E-state index >= 15 is 0 Å². The van der Waals surface area contributed by atoms with Gasteiger partial charge in [-0.15, -0.1) is 0 Å². The molecule has 1 saturated heterocycles. The quantitative estimate of drug-likeness (QED) is 0.847. The zero-order valence-electron chi connectivity index (χ0n) is 14.9. The predicted molar refractivity (Wildman–Crippen MR) is 89.8 cm³/mol. The van der Waals surface area contributed by atoms with Crippen LogP contribution in [0.4, 0.5) is 18.0 Å². The number of alkyl halides is 3. The standard InChI is InChI=1S/C18H23F3N2O3/c1-11(13-6-4-5-7-14(13)18(19,20)21)12(2)22-16(26)23-9-8-17(3,10-23)15(24)25/h4-7,11-12H,8-10H2,1-3H3,(H,22,26)(H,24,25). The Kier molecular flexibility index (Phi) is 5.53. The summed E-state index contributed by atoms with van der Waals surface area (Å²) in [5.74, 6) is -1.53. The predicted octanol–water partition coefficient (Wildman–Crippen LogP) is 3.70. The molecule has 3 unspecified atom stereocenters. The number of carbonyl (C=O) groups excluding carboxylic acids is 1. The first-order valence-electron chi connectivity index (χ1n) is 8.40. The molecule has 0 saturated carbocycles.